The van der Waals surface area contributed by atoms with E-state index in [2.05, 4.69) is 27.3 Å². The normalized spacial score (nSPS) is 30.8. The molecule has 2 N–H and O–H groups in total. The zero-order valence-electron chi connectivity index (χ0n) is 9.07. The van der Waals surface area contributed by atoms with Gasteiger partial charge in [0.25, 0.3) is 0 Å². The van der Waals surface area contributed by atoms with Crippen LogP contribution in [0, 0.1) is 0 Å². The highest BCUT2D eigenvalue weighted by Gasteiger charge is 2.47. The lowest BCUT2D eigenvalue weighted by molar-refractivity contribution is -0.138. The molecule has 90 valence electrons. The van der Waals surface area contributed by atoms with Gasteiger partial charge in [-0.25, -0.2) is 0 Å². The molecule has 17 heavy (non-hydrogen) atoms. The number of halogens is 1. The topological polar surface area (TPSA) is 49.3 Å². The summed E-state index contributed by atoms with van der Waals surface area (Å²) in [5, 5.41) is 12.4. The number of carboxylic acids is 1. The van der Waals surface area contributed by atoms with E-state index in [4.69, 9.17) is 5.11 Å². The molecular formula is C12H12BrNO2S. The number of rotatable bonds is 1. The summed E-state index contributed by atoms with van der Waals surface area (Å²) < 4.78 is 1.13. The molecule has 0 saturated carbocycles. The third-order valence-electron chi connectivity index (χ3n) is 3.48. The van der Waals surface area contributed by atoms with E-state index in [9.17, 15) is 4.79 Å². The number of benzene rings is 1. The Balaban J connectivity index is 1.99. The van der Waals surface area contributed by atoms with Crippen molar-refractivity contribution >= 4 is 33.7 Å². The third kappa shape index (κ3) is 1.72. The van der Waals surface area contributed by atoms with Crippen molar-refractivity contribution in [3.63, 3.8) is 0 Å². The van der Waals surface area contributed by atoms with Gasteiger partial charge >= 0.3 is 5.97 Å². The summed E-state index contributed by atoms with van der Waals surface area (Å²) in [7, 11) is 0. The van der Waals surface area contributed by atoms with E-state index in [1.807, 2.05) is 12.1 Å². The quantitative estimate of drug-likeness (QED) is 0.835. The Hall–Kier alpha value is -0.520. The van der Waals surface area contributed by atoms with Crippen LogP contribution in [0.25, 0.3) is 0 Å². The lowest BCUT2D eigenvalue weighted by atomic mass is 10.1. The number of fused-ring (bicyclic) bond motifs is 2. The summed E-state index contributed by atoms with van der Waals surface area (Å²) in [5.41, 5.74) is 2.57. The summed E-state index contributed by atoms with van der Waals surface area (Å²) in [5.74, 6) is -0.112. The van der Waals surface area contributed by atoms with Crippen molar-refractivity contribution in [1.82, 2.24) is 5.32 Å². The molecule has 5 heteroatoms. The summed E-state index contributed by atoms with van der Waals surface area (Å²) in [6, 6.07) is 5.75. The minimum Gasteiger partial charge on any atom is -0.480 e. The van der Waals surface area contributed by atoms with Crippen LogP contribution in [0.2, 0.25) is 0 Å². The number of hydrogen-bond acceptors (Lipinski definition) is 3. The summed E-state index contributed by atoms with van der Waals surface area (Å²) in [6.07, 6.45) is 1.97. The van der Waals surface area contributed by atoms with Crippen molar-refractivity contribution < 1.29 is 9.90 Å². The average molecular weight is 314 g/mol. The Labute approximate surface area is 112 Å². The van der Waals surface area contributed by atoms with Crippen molar-refractivity contribution in [2.24, 2.45) is 0 Å². The zero-order chi connectivity index (χ0) is 12.0. The largest absolute Gasteiger partial charge is 0.480 e. The lowest BCUT2D eigenvalue weighted by Gasteiger charge is -2.25. The fourth-order valence-electron chi connectivity index (χ4n) is 2.65. The number of carbonyl (C=O) groups is 1. The maximum Gasteiger partial charge on any atom is 0.321 e. The molecule has 0 amide bonds. The molecule has 1 aromatic rings. The van der Waals surface area contributed by atoms with Crippen LogP contribution in [0.5, 0.6) is 0 Å². The second-order valence-electron chi connectivity index (χ2n) is 4.44. The fourth-order valence-corrected chi connectivity index (χ4v) is 4.71. The molecule has 1 heterocycles. The van der Waals surface area contributed by atoms with Crippen molar-refractivity contribution in [3.05, 3.63) is 33.8 Å². The lowest BCUT2D eigenvalue weighted by Crippen LogP contribution is -2.42. The second-order valence-corrected chi connectivity index (χ2v) is 6.61. The van der Waals surface area contributed by atoms with Gasteiger partial charge in [0.05, 0.1) is 4.87 Å². The molecule has 1 spiro atoms. The first kappa shape index (κ1) is 11.6. The summed E-state index contributed by atoms with van der Waals surface area (Å²) in [4.78, 5) is 10.9. The van der Waals surface area contributed by atoms with Gasteiger partial charge in [-0.3, -0.25) is 10.1 Å². The molecular weight excluding hydrogens is 302 g/mol. The van der Waals surface area contributed by atoms with Gasteiger partial charge < -0.3 is 5.11 Å². The molecule has 1 aliphatic heterocycles. The number of hydrogen-bond donors (Lipinski definition) is 2. The Morgan fingerprint density at radius 2 is 2.41 bits per heavy atom. The van der Waals surface area contributed by atoms with Crippen LogP contribution >= 0.6 is 27.7 Å². The monoisotopic (exact) mass is 313 g/mol. The smallest absolute Gasteiger partial charge is 0.321 e. The van der Waals surface area contributed by atoms with E-state index in [0.29, 0.717) is 5.75 Å². The highest BCUT2D eigenvalue weighted by Crippen LogP contribution is 2.50. The first-order valence-electron chi connectivity index (χ1n) is 5.55. The highest BCUT2D eigenvalue weighted by atomic mass is 79.9. The molecule has 0 aromatic heterocycles. The summed E-state index contributed by atoms with van der Waals surface area (Å²) in [6.45, 7) is 0. The molecule has 0 bridgehead atoms. The molecule has 1 fully saturated rings. The van der Waals surface area contributed by atoms with Crippen LogP contribution in [-0.4, -0.2) is 22.9 Å². The Kier molecular flexibility index (Phi) is 2.72. The first-order valence-corrected chi connectivity index (χ1v) is 7.32. The predicted molar refractivity (Wildman–Crippen MR) is 71.2 cm³/mol. The highest BCUT2D eigenvalue weighted by molar-refractivity contribution is 9.10. The Morgan fingerprint density at radius 3 is 3.12 bits per heavy atom. The van der Waals surface area contributed by atoms with Crippen LogP contribution in [0.15, 0.2) is 22.7 Å². The molecule has 2 aliphatic rings. The van der Waals surface area contributed by atoms with E-state index in [1.54, 1.807) is 11.8 Å². The molecule has 2 unspecified atom stereocenters. The molecule has 3 nitrogen and oxygen atoms in total. The maximum atomic E-state index is 11.0. The zero-order valence-corrected chi connectivity index (χ0v) is 11.5. The van der Waals surface area contributed by atoms with Crippen LogP contribution in [0.1, 0.15) is 17.5 Å². The van der Waals surface area contributed by atoms with Gasteiger partial charge in [0.15, 0.2) is 0 Å². The van der Waals surface area contributed by atoms with Crippen molar-refractivity contribution in [2.75, 3.05) is 5.75 Å². The van der Waals surface area contributed by atoms with Gasteiger partial charge in [-0.2, -0.15) is 0 Å². The SMILES string of the molecule is O=C(O)C1CSC2(CCc3c(Br)cccc32)N1. The van der Waals surface area contributed by atoms with Crippen molar-refractivity contribution in [3.8, 4) is 0 Å². The Morgan fingerprint density at radius 1 is 1.59 bits per heavy atom. The molecule has 1 aromatic carbocycles. The number of nitrogens with one attached hydrogen (secondary N) is 1. The standard InChI is InChI=1S/C12H12BrNO2S/c13-9-3-1-2-8-7(9)4-5-12(8)14-10(6-17-12)11(15)16/h1-3,10,14H,4-6H2,(H,15,16). The van der Waals surface area contributed by atoms with Crippen molar-refractivity contribution in [2.45, 2.75) is 23.8 Å². The average Bonchev–Trinajstić information content (AvgIpc) is 2.87. The van der Waals surface area contributed by atoms with Crippen LogP contribution < -0.4 is 5.32 Å². The number of carboxylic acid groups (broad SMARTS) is 1. The fraction of sp³-hybridized carbons (Fsp3) is 0.417. The molecule has 1 saturated heterocycles. The van der Waals surface area contributed by atoms with Gasteiger partial charge in [-0.15, -0.1) is 11.8 Å². The van der Waals surface area contributed by atoms with Gasteiger partial charge in [0.1, 0.15) is 6.04 Å². The Bertz CT molecular complexity index is 493. The molecule has 0 radical (unpaired) electrons. The number of thioether (sulfide) groups is 1. The maximum absolute atomic E-state index is 11.0. The van der Waals surface area contributed by atoms with E-state index >= 15 is 0 Å². The predicted octanol–water partition coefficient (Wildman–Crippen LogP) is 2.34. The van der Waals surface area contributed by atoms with Crippen LogP contribution in [-0.2, 0) is 16.1 Å². The molecule has 3 rings (SSSR count). The minimum absolute atomic E-state index is 0.178. The second kappa shape index (κ2) is 4.00. The summed E-state index contributed by atoms with van der Waals surface area (Å²) >= 11 is 5.30. The third-order valence-corrected chi connectivity index (χ3v) is 5.76. The van der Waals surface area contributed by atoms with E-state index in [1.165, 1.54) is 11.1 Å². The van der Waals surface area contributed by atoms with Gasteiger partial charge in [-0.05, 0) is 30.0 Å². The van der Waals surface area contributed by atoms with Gasteiger partial charge in [-0.1, -0.05) is 28.1 Å². The van der Waals surface area contributed by atoms with Crippen molar-refractivity contribution in [1.29, 1.82) is 0 Å². The molecule has 2 atom stereocenters. The first-order chi connectivity index (χ1) is 8.12. The van der Waals surface area contributed by atoms with Gasteiger partial charge in [0, 0.05) is 10.2 Å². The van der Waals surface area contributed by atoms with Crippen LogP contribution in [0.3, 0.4) is 0 Å². The van der Waals surface area contributed by atoms with Gasteiger partial charge in [0.2, 0.25) is 0 Å². The molecule has 1 aliphatic carbocycles. The van der Waals surface area contributed by atoms with E-state index in [0.717, 1.165) is 17.3 Å². The minimum atomic E-state index is -0.752. The van der Waals surface area contributed by atoms with E-state index in [-0.39, 0.29) is 4.87 Å². The van der Waals surface area contributed by atoms with Crippen LogP contribution in [0.4, 0.5) is 0 Å². The van der Waals surface area contributed by atoms with E-state index < -0.39 is 12.0 Å². The number of aliphatic carboxylic acids is 1.